The molecule has 2 heterocycles. The number of hydrogen-bond donors (Lipinski definition) is 1. The van der Waals surface area contributed by atoms with Crippen LogP contribution in [-0.2, 0) is 0 Å². The summed E-state index contributed by atoms with van der Waals surface area (Å²) in [5.41, 5.74) is 1.33. The summed E-state index contributed by atoms with van der Waals surface area (Å²) in [6, 6.07) is 7.03. The average molecular weight is 277 g/mol. The van der Waals surface area contributed by atoms with Crippen LogP contribution in [-0.4, -0.2) is 26.2 Å². The number of halogens is 1. The van der Waals surface area contributed by atoms with E-state index in [-0.39, 0.29) is 17.6 Å². The molecule has 3 rings (SSSR count). The van der Waals surface area contributed by atoms with Gasteiger partial charge in [-0.15, -0.1) is 0 Å². The van der Waals surface area contributed by atoms with E-state index in [4.69, 9.17) is 17.0 Å². The van der Waals surface area contributed by atoms with Crippen LogP contribution in [0.5, 0.6) is 0 Å². The summed E-state index contributed by atoms with van der Waals surface area (Å²) in [4.78, 5) is 16.4. The van der Waals surface area contributed by atoms with E-state index >= 15 is 0 Å². The lowest BCUT2D eigenvalue weighted by Gasteiger charge is -2.06. The summed E-state index contributed by atoms with van der Waals surface area (Å²) < 4.78 is 3.07. The Labute approximate surface area is 114 Å². The van der Waals surface area contributed by atoms with Crippen LogP contribution in [0.1, 0.15) is 19.9 Å². The maximum Gasteiger partial charge on any atom is 0.334 e. The third kappa shape index (κ3) is 1.73. The fourth-order valence-corrected chi connectivity index (χ4v) is 2.49. The van der Waals surface area contributed by atoms with Gasteiger partial charge in [0, 0.05) is 6.04 Å². The van der Waals surface area contributed by atoms with E-state index in [2.05, 4.69) is 4.99 Å². The number of hydrogen-bond acceptors (Lipinski definition) is 3. The highest BCUT2D eigenvalue weighted by molar-refractivity contribution is 6.72. The predicted octanol–water partition coefficient (Wildman–Crippen LogP) is 2.23. The van der Waals surface area contributed by atoms with Crippen molar-refractivity contribution >= 4 is 33.6 Å². The fourth-order valence-electron chi connectivity index (χ4n) is 2.28. The van der Waals surface area contributed by atoms with Gasteiger partial charge in [-0.2, -0.15) is 0 Å². The number of imidazole rings is 1. The molecule has 0 spiro atoms. The first-order valence-corrected chi connectivity index (χ1v) is 6.44. The van der Waals surface area contributed by atoms with E-state index in [0.29, 0.717) is 5.17 Å². The molecule has 0 fully saturated rings. The normalized spacial score (nSPS) is 17.9. The van der Waals surface area contributed by atoms with Crippen LogP contribution in [0.2, 0.25) is 0 Å². The van der Waals surface area contributed by atoms with Gasteiger partial charge in [-0.25, -0.2) is 9.36 Å². The van der Waals surface area contributed by atoms with Gasteiger partial charge >= 0.3 is 5.69 Å². The maximum absolute atomic E-state index is 12.5. The predicted molar refractivity (Wildman–Crippen MR) is 76.8 cm³/mol. The molecule has 1 aliphatic rings. The summed E-state index contributed by atoms with van der Waals surface area (Å²) in [7, 11) is 0. The van der Waals surface area contributed by atoms with E-state index in [0.717, 1.165) is 11.0 Å². The maximum atomic E-state index is 12.5. The Morgan fingerprint density at radius 3 is 2.47 bits per heavy atom. The van der Waals surface area contributed by atoms with Crippen LogP contribution in [0.3, 0.4) is 0 Å². The molecule has 0 saturated heterocycles. The van der Waals surface area contributed by atoms with Gasteiger partial charge in [-0.05, 0) is 26.0 Å². The third-order valence-corrected chi connectivity index (χ3v) is 3.51. The first-order chi connectivity index (χ1) is 9.02. The van der Waals surface area contributed by atoms with Crippen molar-refractivity contribution in [1.29, 1.82) is 5.41 Å². The van der Waals surface area contributed by atoms with Gasteiger partial charge in [0.05, 0.1) is 11.0 Å². The second kappa shape index (κ2) is 4.06. The lowest BCUT2D eigenvalue weighted by atomic mass is 10.3. The van der Waals surface area contributed by atoms with Gasteiger partial charge in [0.2, 0.25) is 0 Å². The highest BCUT2D eigenvalue weighted by Gasteiger charge is 2.33. The summed E-state index contributed by atoms with van der Waals surface area (Å²) in [6.07, 6.45) is 0. The fraction of sp³-hybridized carbons (Fsp3) is 0.308. The first kappa shape index (κ1) is 12.2. The number of fused-ring (bicyclic) bond motifs is 1. The molecule has 1 unspecified atom stereocenters. The monoisotopic (exact) mass is 276 g/mol. The molecule has 1 atom stereocenters. The van der Waals surface area contributed by atoms with Gasteiger partial charge in [0.25, 0.3) is 0 Å². The molecular formula is C13H13ClN4O. The number of rotatable bonds is 2. The molecule has 2 aromatic rings. The van der Waals surface area contributed by atoms with Crippen molar-refractivity contribution in [3.63, 3.8) is 0 Å². The van der Waals surface area contributed by atoms with Crippen molar-refractivity contribution in [2.45, 2.75) is 25.9 Å². The Hall–Kier alpha value is -1.88. The topological polar surface area (TPSA) is 63.1 Å². The lowest BCUT2D eigenvalue weighted by molar-refractivity contribution is 0.592. The zero-order valence-electron chi connectivity index (χ0n) is 10.6. The number of nitrogens with zero attached hydrogens (tertiary/aromatic N) is 3. The number of nitrogens with one attached hydrogen (secondary N) is 1. The number of benzene rings is 1. The quantitative estimate of drug-likeness (QED) is 0.663. The van der Waals surface area contributed by atoms with Crippen molar-refractivity contribution in [2.75, 3.05) is 0 Å². The van der Waals surface area contributed by atoms with Crippen molar-refractivity contribution in [2.24, 2.45) is 4.99 Å². The number of para-hydroxylation sites is 2. The van der Waals surface area contributed by atoms with Crippen LogP contribution < -0.4 is 5.69 Å². The molecule has 0 aliphatic carbocycles. The Balaban J connectivity index is 2.27. The van der Waals surface area contributed by atoms with E-state index < -0.39 is 6.04 Å². The van der Waals surface area contributed by atoms with E-state index in [9.17, 15) is 4.79 Å². The summed E-state index contributed by atoms with van der Waals surface area (Å²) in [6.45, 7) is 3.89. The molecule has 6 heteroatoms. The Morgan fingerprint density at radius 2 is 1.95 bits per heavy atom. The zero-order valence-corrected chi connectivity index (χ0v) is 11.3. The van der Waals surface area contributed by atoms with E-state index in [1.807, 2.05) is 38.1 Å². The highest BCUT2D eigenvalue weighted by atomic mass is 35.5. The molecule has 1 aromatic heterocycles. The number of aliphatic imine (C=N–C) groups is 1. The van der Waals surface area contributed by atoms with Crippen molar-refractivity contribution in [3.05, 3.63) is 34.7 Å². The lowest BCUT2D eigenvalue weighted by Crippen LogP contribution is -2.33. The molecule has 5 nitrogen and oxygen atoms in total. The number of aromatic nitrogens is 2. The minimum Gasteiger partial charge on any atom is -0.289 e. The molecule has 0 bridgehead atoms. The molecule has 19 heavy (non-hydrogen) atoms. The highest BCUT2D eigenvalue weighted by Crippen LogP contribution is 2.21. The smallest absolute Gasteiger partial charge is 0.289 e. The molecule has 1 aliphatic heterocycles. The summed E-state index contributed by atoms with van der Waals surface area (Å²) in [5, 5.41) is 8.49. The molecule has 0 saturated carbocycles. The minimum absolute atomic E-state index is 0.0297. The van der Waals surface area contributed by atoms with Crippen molar-refractivity contribution < 1.29 is 0 Å². The Bertz CT molecular complexity index is 769. The van der Waals surface area contributed by atoms with Crippen molar-refractivity contribution in [3.8, 4) is 0 Å². The average Bonchev–Trinajstić information content (AvgIpc) is 3.00. The van der Waals surface area contributed by atoms with Crippen LogP contribution in [0.4, 0.5) is 0 Å². The van der Waals surface area contributed by atoms with Crippen LogP contribution in [0.25, 0.3) is 11.0 Å². The van der Waals surface area contributed by atoms with Gasteiger partial charge in [-0.1, -0.05) is 23.7 Å². The minimum atomic E-state index is -0.453. The zero-order chi connectivity index (χ0) is 13.7. The van der Waals surface area contributed by atoms with Crippen LogP contribution in [0, 0.1) is 5.41 Å². The Morgan fingerprint density at radius 1 is 1.37 bits per heavy atom. The third-order valence-electron chi connectivity index (χ3n) is 3.21. The summed E-state index contributed by atoms with van der Waals surface area (Å²) >= 11 is 5.76. The summed E-state index contributed by atoms with van der Waals surface area (Å²) in [5.74, 6) is 0.116. The van der Waals surface area contributed by atoms with E-state index in [1.54, 1.807) is 4.57 Å². The van der Waals surface area contributed by atoms with Crippen LogP contribution in [0.15, 0.2) is 34.1 Å². The molecule has 1 N–H and O–H groups in total. The van der Waals surface area contributed by atoms with Gasteiger partial charge in [0.15, 0.2) is 6.04 Å². The second-order valence-electron chi connectivity index (χ2n) is 4.81. The second-order valence-corrected chi connectivity index (χ2v) is 5.20. The first-order valence-electron chi connectivity index (χ1n) is 6.06. The Kier molecular flexibility index (Phi) is 2.60. The molecule has 98 valence electrons. The van der Waals surface area contributed by atoms with Gasteiger partial charge in [0.1, 0.15) is 11.0 Å². The van der Waals surface area contributed by atoms with Gasteiger partial charge < -0.3 is 0 Å². The molecule has 0 amide bonds. The molecular weight excluding hydrogens is 264 g/mol. The molecule has 0 radical (unpaired) electrons. The largest absolute Gasteiger partial charge is 0.334 e. The van der Waals surface area contributed by atoms with Gasteiger partial charge in [-0.3, -0.25) is 15.0 Å². The molecule has 1 aromatic carbocycles. The van der Waals surface area contributed by atoms with Crippen molar-refractivity contribution in [1.82, 2.24) is 9.13 Å². The van der Waals surface area contributed by atoms with Crippen LogP contribution >= 0.6 is 11.6 Å². The standard InChI is InChI=1S/C13H13ClN4O/c1-7(2)17-8-5-3-4-6-9(8)18(13(17)19)12(15)10-11(14)16-10/h3-7,10,15H,1-2H3. The SMILES string of the molecule is CC(C)n1c(=O)n(C(=N)C2N=C2Cl)c2ccccc21. The van der Waals surface area contributed by atoms with E-state index in [1.165, 1.54) is 4.57 Å².